The highest BCUT2D eigenvalue weighted by Gasteiger charge is 2.25. The Morgan fingerprint density at radius 2 is 2.27 bits per heavy atom. The van der Waals surface area contributed by atoms with Crippen LogP contribution in [0.25, 0.3) is 5.78 Å². The fourth-order valence-corrected chi connectivity index (χ4v) is 3.06. The van der Waals surface area contributed by atoms with E-state index in [-0.39, 0.29) is 17.5 Å². The van der Waals surface area contributed by atoms with E-state index in [1.165, 1.54) is 16.3 Å². The van der Waals surface area contributed by atoms with Gasteiger partial charge >= 0.3 is 5.97 Å². The van der Waals surface area contributed by atoms with Crippen molar-refractivity contribution in [1.29, 1.82) is 0 Å². The van der Waals surface area contributed by atoms with Gasteiger partial charge in [0.25, 0.3) is 5.78 Å². The first-order valence-corrected chi connectivity index (χ1v) is 8.13. The van der Waals surface area contributed by atoms with E-state index >= 15 is 0 Å². The highest BCUT2D eigenvalue weighted by molar-refractivity contribution is 7.99. The summed E-state index contributed by atoms with van der Waals surface area (Å²) < 4.78 is 6.36. The van der Waals surface area contributed by atoms with Gasteiger partial charge in [-0.25, -0.2) is 9.50 Å². The van der Waals surface area contributed by atoms with Crippen molar-refractivity contribution in [3.63, 3.8) is 0 Å². The van der Waals surface area contributed by atoms with Crippen LogP contribution in [0.4, 0.5) is 0 Å². The van der Waals surface area contributed by atoms with Crippen LogP contribution in [0.15, 0.2) is 11.4 Å². The van der Waals surface area contributed by atoms with Gasteiger partial charge in [-0.3, -0.25) is 9.59 Å². The number of carbonyl (C=O) groups is 2. The van der Waals surface area contributed by atoms with Gasteiger partial charge in [0.1, 0.15) is 0 Å². The molecule has 1 atom stereocenters. The summed E-state index contributed by atoms with van der Waals surface area (Å²) in [4.78, 5) is 32.1. The smallest absolute Gasteiger partial charge is 0.316 e. The molecule has 22 heavy (non-hydrogen) atoms. The van der Waals surface area contributed by atoms with Crippen molar-refractivity contribution in [2.75, 3.05) is 12.4 Å². The molecular formula is C14H16N4O3S. The van der Waals surface area contributed by atoms with Crippen LogP contribution in [0.5, 0.6) is 0 Å². The predicted molar refractivity (Wildman–Crippen MR) is 80.0 cm³/mol. The van der Waals surface area contributed by atoms with Crippen LogP contribution in [0, 0.1) is 5.92 Å². The second-order valence-corrected chi connectivity index (χ2v) is 6.21. The van der Waals surface area contributed by atoms with Crippen molar-refractivity contribution in [2.24, 2.45) is 5.92 Å². The van der Waals surface area contributed by atoms with Crippen LogP contribution in [0.3, 0.4) is 0 Å². The van der Waals surface area contributed by atoms with E-state index in [9.17, 15) is 9.59 Å². The molecule has 1 aliphatic rings. The Balaban J connectivity index is 1.84. The van der Waals surface area contributed by atoms with E-state index in [0.717, 1.165) is 12.1 Å². The van der Waals surface area contributed by atoms with Gasteiger partial charge < -0.3 is 4.74 Å². The molecule has 0 bridgehead atoms. The molecule has 0 N–H and O–H groups in total. The number of aromatic nitrogens is 4. The molecular weight excluding hydrogens is 304 g/mol. The lowest BCUT2D eigenvalue weighted by Crippen LogP contribution is -2.20. The van der Waals surface area contributed by atoms with E-state index in [0.29, 0.717) is 35.4 Å². The number of hydrogen-bond donors (Lipinski definition) is 0. The fourth-order valence-electron chi connectivity index (χ4n) is 2.44. The number of ketones is 1. The SMILES string of the molecule is CCOC(=O)CSc1nc2nc3c(cn2n1)C(=O)C[C@H](C)C3. The first-order valence-electron chi connectivity index (χ1n) is 7.14. The quantitative estimate of drug-likeness (QED) is 0.624. The third kappa shape index (κ3) is 2.96. The zero-order chi connectivity index (χ0) is 15.7. The number of esters is 1. The molecule has 0 aromatic carbocycles. The summed E-state index contributed by atoms with van der Waals surface area (Å²) in [5.74, 6) is 0.699. The van der Waals surface area contributed by atoms with Crippen LogP contribution < -0.4 is 0 Å². The summed E-state index contributed by atoms with van der Waals surface area (Å²) in [6, 6.07) is 0. The minimum absolute atomic E-state index is 0.0966. The normalized spacial score (nSPS) is 17.5. The van der Waals surface area contributed by atoms with E-state index in [2.05, 4.69) is 15.1 Å². The molecule has 0 radical (unpaired) electrons. The van der Waals surface area contributed by atoms with Crippen LogP contribution in [0.2, 0.25) is 0 Å². The third-order valence-corrected chi connectivity index (χ3v) is 4.20. The molecule has 7 nitrogen and oxygen atoms in total. The number of nitrogens with zero attached hydrogens (tertiary/aromatic N) is 4. The van der Waals surface area contributed by atoms with Gasteiger partial charge in [0.2, 0.25) is 5.16 Å². The summed E-state index contributed by atoms with van der Waals surface area (Å²) in [6.45, 7) is 4.15. The number of carbonyl (C=O) groups excluding carboxylic acids is 2. The zero-order valence-electron chi connectivity index (χ0n) is 12.4. The minimum atomic E-state index is -0.303. The van der Waals surface area contributed by atoms with Crippen molar-refractivity contribution >= 4 is 29.3 Å². The molecule has 0 aliphatic heterocycles. The molecule has 0 saturated carbocycles. The average Bonchev–Trinajstić information content (AvgIpc) is 2.85. The number of thioether (sulfide) groups is 1. The lowest BCUT2D eigenvalue weighted by molar-refractivity contribution is -0.139. The Kier molecular flexibility index (Phi) is 4.10. The van der Waals surface area contributed by atoms with E-state index in [1.54, 1.807) is 13.1 Å². The van der Waals surface area contributed by atoms with E-state index in [1.807, 2.05) is 6.92 Å². The highest BCUT2D eigenvalue weighted by Crippen LogP contribution is 2.24. The molecule has 0 amide bonds. The number of Topliss-reactive ketones (excluding diaryl/α,β-unsaturated/α-hetero) is 1. The monoisotopic (exact) mass is 320 g/mol. The Bertz CT molecular complexity index is 743. The van der Waals surface area contributed by atoms with Gasteiger partial charge in [-0.05, 0) is 19.3 Å². The van der Waals surface area contributed by atoms with Gasteiger partial charge in [0.05, 0.1) is 23.6 Å². The summed E-state index contributed by atoms with van der Waals surface area (Å²) in [6.07, 6.45) is 3.00. The highest BCUT2D eigenvalue weighted by atomic mass is 32.2. The maximum atomic E-state index is 12.1. The molecule has 0 unspecified atom stereocenters. The molecule has 1 aliphatic carbocycles. The molecule has 116 valence electrons. The Morgan fingerprint density at radius 1 is 1.45 bits per heavy atom. The number of hydrogen-bond acceptors (Lipinski definition) is 7. The number of ether oxygens (including phenoxy) is 1. The molecule has 2 heterocycles. The largest absolute Gasteiger partial charge is 0.465 e. The van der Waals surface area contributed by atoms with Crippen LogP contribution in [-0.4, -0.2) is 43.7 Å². The molecule has 0 fully saturated rings. The lowest BCUT2D eigenvalue weighted by Gasteiger charge is -2.18. The fraction of sp³-hybridized carbons (Fsp3) is 0.500. The number of rotatable bonds is 4. The predicted octanol–water partition coefficient (Wildman–Crippen LogP) is 1.54. The van der Waals surface area contributed by atoms with Gasteiger partial charge in [0, 0.05) is 12.6 Å². The van der Waals surface area contributed by atoms with Crippen molar-refractivity contribution in [3.8, 4) is 0 Å². The first kappa shape index (κ1) is 15.0. The second kappa shape index (κ2) is 6.04. The molecule has 2 aromatic rings. The van der Waals surface area contributed by atoms with E-state index in [4.69, 9.17) is 4.74 Å². The van der Waals surface area contributed by atoms with Crippen molar-refractivity contribution in [3.05, 3.63) is 17.5 Å². The Hall–Kier alpha value is -1.96. The summed E-state index contributed by atoms with van der Waals surface area (Å²) in [7, 11) is 0. The van der Waals surface area contributed by atoms with Gasteiger partial charge in [0.15, 0.2) is 5.78 Å². The Morgan fingerprint density at radius 3 is 3.05 bits per heavy atom. The number of fused-ring (bicyclic) bond motifs is 2. The van der Waals surface area contributed by atoms with Crippen LogP contribution in [0.1, 0.15) is 36.3 Å². The second-order valence-electron chi connectivity index (χ2n) is 5.27. The summed E-state index contributed by atoms with van der Waals surface area (Å²) in [5, 5.41) is 4.70. The molecule has 2 aromatic heterocycles. The first-order chi connectivity index (χ1) is 10.6. The lowest BCUT2D eigenvalue weighted by atomic mass is 9.88. The summed E-state index contributed by atoms with van der Waals surface area (Å²) >= 11 is 1.20. The average molecular weight is 320 g/mol. The third-order valence-electron chi connectivity index (χ3n) is 3.39. The summed E-state index contributed by atoms with van der Waals surface area (Å²) in [5.41, 5.74) is 1.41. The van der Waals surface area contributed by atoms with E-state index < -0.39 is 0 Å². The zero-order valence-corrected chi connectivity index (χ0v) is 13.2. The topological polar surface area (TPSA) is 86.4 Å². The molecule has 0 spiro atoms. The standard InChI is InChI=1S/C14H16N4O3S/c1-3-21-12(20)7-22-14-16-13-15-10-4-8(2)5-11(19)9(10)6-18(13)17-14/h6,8H,3-5,7H2,1-2H3/t8-/m1/s1. The maximum Gasteiger partial charge on any atom is 0.316 e. The van der Waals surface area contributed by atoms with Gasteiger partial charge in [-0.2, -0.15) is 4.98 Å². The minimum Gasteiger partial charge on any atom is -0.465 e. The molecule has 3 rings (SSSR count). The molecule has 0 saturated heterocycles. The Labute approximate surface area is 131 Å². The van der Waals surface area contributed by atoms with Gasteiger partial charge in [-0.1, -0.05) is 18.7 Å². The van der Waals surface area contributed by atoms with Crippen LogP contribution in [-0.2, 0) is 16.0 Å². The van der Waals surface area contributed by atoms with Gasteiger partial charge in [-0.15, -0.1) is 5.10 Å². The maximum absolute atomic E-state index is 12.1. The van der Waals surface area contributed by atoms with Crippen molar-refractivity contribution in [2.45, 2.75) is 31.8 Å². The van der Waals surface area contributed by atoms with Crippen molar-refractivity contribution in [1.82, 2.24) is 19.6 Å². The van der Waals surface area contributed by atoms with Crippen LogP contribution >= 0.6 is 11.8 Å². The van der Waals surface area contributed by atoms with Crippen molar-refractivity contribution < 1.29 is 14.3 Å². The molecule has 8 heteroatoms.